The zero-order valence-electron chi connectivity index (χ0n) is 12.1. The number of nitrogens with two attached hydrogens (primary N) is 1. The molecular weight excluding hydrogens is 252 g/mol. The Morgan fingerprint density at radius 2 is 2.00 bits per heavy atom. The second-order valence-corrected chi connectivity index (χ2v) is 5.76. The molecule has 5 nitrogen and oxygen atoms in total. The van der Waals surface area contributed by atoms with Crippen molar-refractivity contribution < 1.29 is 4.79 Å². The first-order chi connectivity index (χ1) is 9.44. The number of carbonyl (C=O) groups is 1. The van der Waals surface area contributed by atoms with Gasteiger partial charge in [-0.3, -0.25) is 14.8 Å². The summed E-state index contributed by atoms with van der Waals surface area (Å²) in [7, 11) is 1.79. The maximum atomic E-state index is 12.6. The highest BCUT2D eigenvalue weighted by Gasteiger charge is 2.23. The number of benzene rings is 1. The minimum atomic E-state index is -0.110. The summed E-state index contributed by atoms with van der Waals surface area (Å²) in [5.74, 6) is -0.0578. The Balaban J connectivity index is 2.32. The topological polar surface area (TPSA) is 72.1 Å². The third-order valence-corrected chi connectivity index (χ3v) is 3.29. The molecule has 106 valence electrons. The van der Waals surface area contributed by atoms with Crippen molar-refractivity contribution >= 4 is 16.9 Å². The minimum Gasteiger partial charge on any atom is -0.341 e. The van der Waals surface area contributed by atoms with Crippen molar-refractivity contribution in [2.75, 3.05) is 20.1 Å². The molecule has 0 fully saturated rings. The maximum absolute atomic E-state index is 12.6. The highest BCUT2D eigenvalue weighted by Crippen LogP contribution is 2.19. The molecule has 0 aliphatic carbocycles. The lowest BCUT2D eigenvalue weighted by atomic mass is 9.93. The first-order valence-corrected chi connectivity index (χ1v) is 6.60. The van der Waals surface area contributed by atoms with Crippen molar-refractivity contribution in [3.05, 3.63) is 36.2 Å². The van der Waals surface area contributed by atoms with Crippen LogP contribution < -0.4 is 5.73 Å². The van der Waals surface area contributed by atoms with Crippen LogP contribution in [0, 0.1) is 5.41 Å². The summed E-state index contributed by atoms with van der Waals surface area (Å²) in [5, 5.41) is 0. The largest absolute Gasteiger partial charge is 0.341 e. The van der Waals surface area contributed by atoms with E-state index < -0.39 is 0 Å². The van der Waals surface area contributed by atoms with Gasteiger partial charge in [0.25, 0.3) is 5.91 Å². The van der Waals surface area contributed by atoms with Gasteiger partial charge < -0.3 is 10.6 Å². The summed E-state index contributed by atoms with van der Waals surface area (Å²) in [5.41, 5.74) is 7.55. The van der Waals surface area contributed by atoms with Gasteiger partial charge in [-0.05, 0) is 24.1 Å². The van der Waals surface area contributed by atoms with Gasteiger partial charge in [0, 0.05) is 26.0 Å². The summed E-state index contributed by atoms with van der Waals surface area (Å²) >= 11 is 0. The second-order valence-electron chi connectivity index (χ2n) is 5.76. The number of para-hydroxylation sites is 1. The highest BCUT2D eigenvalue weighted by molar-refractivity contribution is 6.04. The predicted molar refractivity (Wildman–Crippen MR) is 79.3 cm³/mol. The molecule has 2 aromatic rings. The van der Waals surface area contributed by atoms with Gasteiger partial charge in [0.1, 0.15) is 5.52 Å². The molecule has 0 spiro atoms. The van der Waals surface area contributed by atoms with Crippen LogP contribution >= 0.6 is 0 Å². The molecule has 2 rings (SSSR count). The Morgan fingerprint density at radius 1 is 1.30 bits per heavy atom. The van der Waals surface area contributed by atoms with E-state index in [0.29, 0.717) is 24.2 Å². The van der Waals surface area contributed by atoms with Crippen LogP contribution in [0.2, 0.25) is 0 Å². The third-order valence-electron chi connectivity index (χ3n) is 3.29. The van der Waals surface area contributed by atoms with E-state index in [9.17, 15) is 4.79 Å². The number of rotatable bonds is 4. The van der Waals surface area contributed by atoms with Gasteiger partial charge in [-0.25, -0.2) is 0 Å². The molecule has 0 unspecified atom stereocenters. The number of fused-ring (bicyclic) bond motifs is 1. The van der Waals surface area contributed by atoms with E-state index in [1.165, 1.54) is 0 Å². The summed E-state index contributed by atoms with van der Waals surface area (Å²) in [6.45, 7) is 5.21. The van der Waals surface area contributed by atoms with Crippen LogP contribution in [0.15, 0.2) is 30.6 Å². The van der Waals surface area contributed by atoms with E-state index in [0.717, 1.165) is 5.52 Å². The maximum Gasteiger partial charge on any atom is 0.255 e. The van der Waals surface area contributed by atoms with Gasteiger partial charge in [0.05, 0.1) is 11.1 Å². The molecule has 2 N–H and O–H groups in total. The molecular formula is C15H20N4O. The molecule has 5 heteroatoms. The summed E-state index contributed by atoms with van der Waals surface area (Å²) in [6, 6.07) is 5.46. The zero-order valence-corrected chi connectivity index (χ0v) is 12.1. The number of carbonyl (C=O) groups excluding carboxylic acids is 1. The van der Waals surface area contributed by atoms with Crippen LogP contribution in [0.3, 0.4) is 0 Å². The zero-order chi connectivity index (χ0) is 14.8. The molecule has 1 heterocycles. The first kappa shape index (κ1) is 14.4. The fraction of sp³-hybridized carbons (Fsp3) is 0.400. The standard InChI is InChI=1S/C15H20N4O/c1-15(2,9-16)10-19(3)14(20)11-5-4-6-12-13(11)18-8-7-17-12/h4-8H,9-10,16H2,1-3H3. The molecule has 1 aromatic carbocycles. The van der Waals surface area contributed by atoms with Crippen LogP contribution in [0.5, 0.6) is 0 Å². The van der Waals surface area contributed by atoms with Crippen LogP contribution in [0.4, 0.5) is 0 Å². The van der Waals surface area contributed by atoms with Crippen LogP contribution in [0.25, 0.3) is 11.0 Å². The molecule has 0 aliphatic heterocycles. The molecule has 0 atom stereocenters. The predicted octanol–water partition coefficient (Wildman–Crippen LogP) is 1.69. The Kier molecular flexibility index (Phi) is 3.99. The van der Waals surface area contributed by atoms with Gasteiger partial charge in [-0.2, -0.15) is 0 Å². The van der Waals surface area contributed by atoms with E-state index in [1.807, 2.05) is 26.0 Å². The number of nitrogens with zero attached hydrogens (tertiary/aromatic N) is 3. The second kappa shape index (κ2) is 5.54. The fourth-order valence-corrected chi connectivity index (χ4v) is 2.15. The molecule has 1 amide bonds. The number of hydrogen-bond donors (Lipinski definition) is 1. The lowest BCUT2D eigenvalue weighted by Crippen LogP contribution is -2.39. The van der Waals surface area contributed by atoms with Crippen LogP contribution in [-0.2, 0) is 0 Å². The van der Waals surface area contributed by atoms with Crippen LogP contribution in [-0.4, -0.2) is 40.9 Å². The van der Waals surface area contributed by atoms with E-state index in [2.05, 4.69) is 9.97 Å². The van der Waals surface area contributed by atoms with E-state index >= 15 is 0 Å². The fourth-order valence-electron chi connectivity index (χ4n) is 2.15. The lowest BCUT2D eigenvalue weighted by molar-refractivity contribution is 0.0742. The Labute approximate surface area is 118 Å². The van der Waals surface area contributed by atoms with Crippen molar-refractivity contribution in [3.8, 4) is 0 Å². The van der Waals surface area contributed by atoms with E-state index in [1.54, 1.807) is 30.4 Å². The summed E-state index contributed by atoms with van der Waals surface area (Å²) < 4.78 is 0. The van der Waals surface area contributed by atoms with Crippen molar-refractivity contribution in [2.24, 2.45) is 11.1 Å². The average Bonchev–Trinajstić information content (AvgIpc) is 2.45. The summed E-state index contributed by atoms with van der Waals surface area (Å²) in [6.07, 6.45) is 3.22. The van der Waals surface area contributed by atoms with Gasteiger partial charge in [-0.1, -0.05) is 19.9 Å². The Bertz CT molecular complexity index is 619. The van der Waals surface area contributed by atoms with Gasteiger partial charge in [0.15, 0.2) is 0 Å². The summed E-state index contributed by atoms with van der Waals surface area (Å²) in [4.78, 5) is 22.7. The quantitative estimate of drug-likeness (QED) is 0.919. The third kappa shape index (κ3) is 2.93. The number of hydrogen-bond acceptors (Lipinski definition) is 4. The van der Waals surface area contributed by atoms with E-state index in [4.69, 9.17) is 5.73 Å². The first-order valence-electron chi connectivity index (χ1n) is 6.60. The SMILES string of the molecule is CN(CC(C)(C)CN)C(=O)c1cccc2nccnc12. The molecule has 0 radical (unpaired) electrons. The van der Waals surface area contributed by atoms with E-state index in [-0.39, 0.29) is 11.3 Å². The number of aromatic nitrogens is 2. The Morgan fingerprint density at radius 3 is 2.70 bits per heavy atom. The molecule has 20 heavy (non-hydrogen) atoms. The molecule has 0 bridgehead atoms. The molecule has 0 saturated heterocycles. The van der Waals surface area contributed by atoms with Crippen molar-refractivity contribution in [1.29, 1.82) is 0 Å². The van der Waals surface area contributed by atoms with Gasteiger partial charge in [0.2, 0.25) is 0 Å². The lowest BCUT2D eigenvalue weighted by Gasteiger charge is -2.29. The molecule has 0 aliphatic rings. The number of amides is 1. The molecule has 0 saturated carbocycles. The average molecular weight is 272 g/mol. The minimum absolute atomic E-state index is 0.0578. The van der Waals surface area contributed by atoms with Crippen molar-refractivity contribution in [3.63, 3.8) is 0 Å². The monoisotopic (exact) mass is 272 g/mol. The smallest absolute Gasteiger partial charge is 0.255 e. The normalized spacial score (nSPS) is 11.6. The highest BCUT2D eigenvalue weighted by atomic mass is 16.2. The van der Waals surface area contributed by atoms with Gasteiger partial charge in [-0.15, -0.1) is 0 Å². The van der Waals surface area contributed by atoms with Crippen LogP contribution in [0.1, 0.15) is 24.2 Å². The van der Waals surface area contributed by atoms with Crippen molar-refractivity contribution in [1.82, 2.24) is 14.9 Å². The van der Waals surface area contributed by atoms with Crippen molar-refractivity contribution in [2.45, 2.75) is 13.8 Å². The van der Waals surface area contributed by atoms with Gasteiger partial charge >= 0.3 is 0 Å². The molecule has 1 aromatic heterocycles. The Hall–Kier alpha value is -2.01.